The number of carbonyl (C=O) groups is 3. The van der Waals surface area contributed by atoms with E-state index in [9.17, 15) is 14.4 Å². The molecule has 1 aromatic heterocycles. The minimum atomic E-state index is -0.471. The zero-order valence-corrected chi connectivity index (χ0v) is 16.8. The number of ether oxygens (including phenoxy) is 2. The molecule has 1 aliphatic carbocycles. The molecule has 1 N–H and O–H groups in total. The summed E-state index contributed by atoms with van der Waals surface area (Å²) >= 11 is 1.39. The van der Waals surface area contributed by atoms with E-state index < -0.39 is 30.4 Å². The van der Waals surface area contributed by atoms with Crippen LogP contribution < -0.4 is 5.32 Å². The number of aryl methyl sites for hydroxylation is 1. The fourth-order valence-electron chi connectivity index (χ4n) is 3.43. The van der Waals surface area contributed by atoms with E-state index in [-0.39, 0.29) is 0 Å². The lowest BCUT2D eigenvalue weighted by atomic mass is 9.97. The molecule has 2 aromatic rings. The molecule has 1 unspecified atom stereocenters. The van der Waals surface area contributed by atoms with Gasteiger partial charge in [0.15, 0.2) is 6.61 Å². The summed E-state index contributed by atoms with van der Waals surface area (Å²) < 4.78 is 10.1. The Kier molecular flexibility index (Phi) is 6.46. The largest absolute Gasteiger partial charge is 0.465 e. The Hall–Kier alpha value is -2.67. The second-order valence-corrected chi connectivity index (χ2v) is 7.69. The van der Waals surface area contributed by atoms with Crippen molar-refractivity contribution >= 4 is 34.2 Å². The Balaban J connectivity index is 1.63. The Labute approximate surface area is 167 Å². The molecule has 0 radical (unpaired) electrons. The van der Waals surface area contributed by atoms with Gasteiger partial charge in [-0.3, -0.25) is 9.59 Å². The van der Waals surface area contributed by atoms with E-state index in [2.05, 4.69) is 5.32 Å². The van der Waals surface area contributed by atoms with Gasteiger partial charge in [0.2, 0.25) is 0 Å². The Morgan fingerprint density at radius 3 is 2.61 bits per heavy atom. The minimum Gasteiger partial charge on any atom is -0.465 e. The van der Waals surface area contributed by atoms with Gasteiger partial charge in [0.05, 0.1) is 18.6 Å². The number of fused-ring (bicyclic) bond motifs is 1. The van der Waals surface area contributed by atoms with E-state index in [0.717, 1.165) is 35.3 Å². The van der Waals surface area contributed by atoms with Crippen LogP contribution in [0.1, 0.15) is 52.0 Å². The Morgan fingerprint density at radius 1 is 1.18 bits per heavy atom. The lowest BCUT2D eigenvalue weighted by Crippen LogP contribution is -2.24. The van der Waals surface area contributed by atoms with Crippen molar-refractivity contribution in [2.75, 3.05) is 19.0 Å². The van der Waals surface area contributed by atoms with Gasteiger partial charge in [-0.15, -0.1) is 11.3 Å². The van der Waals surface area contributed by atoms with E-state index >= 15 is 0 Å². The fraction of sp³-hybridized carbons (Fsp3) is 0.381. The highest BCUT2D eigenvalue weighted by atomic mass is 32.1. The van der Waals surface area contributed by atoms with E-state index in [4.69, 9.17) is 9.47 Å². The van der Waals surface area contributed by atoms with Gasteiger partial charge in [-0.25, -0.2) is 4.79 Å². The summed E-state index contributed by atoms with van der Waals surface area (Å²) in [6.07, 6.45) is 3.27. The average Bonchev–Trinajstić information content (AvgIpc) is 3.28. The van der Waals surface area contributed by atoms with Crippen LogP contribution in [0.2, 0.25) is 0 Å². The number of methoxy groups -OCH3 is 1. The number of amides is 1. The van der Waals surface area contributed by atoms with Crippen molar-refractivity contribution in [2.45, 2.75) is 38.5 Å². The Bertz CT molecular complexity index is 874. The molecule has 28 heavy (non-hydrogen) atoms. The first-order valence-corrected chi connectivity index (χ1v) is 10.1. The molecule has 0 fully saturated rings. The monoisotopic (exact) mass is 401 g/mol. The van der Waals surface area contributed by atoms with Gasteiger partial charge in [0.1, 0.15) is 5.00 Å². The molecule has 0 saturated carbocycles. The Morgan fingerprint density at radius 2 is 1.93 bits per heavy atom. The molecule has 0 saturated heterocycles. The second-order valence-electron chi connectivity index (χ2n) is 6.58. The highest BCUT2D eigenvalue weighted by Gasteiger charge is 2.28. The second kappa shape index (κ2) is 9.01. The maximum absolute atomic E-state index is 12.4. The van der Waals surface area contributed by atoms with Gasteiger partial charge in [0, 0.05) is 4.88 Å². The van der Waals surface area contributed by atoms with Crippen LogP contribution in [0.15, 0.2) is 30.3 Å². The van der Waals surface area contributed by atoms with Crippen molar-refractivity contribution < 1.29 is 23.9 Å². The molecule has 1 atom stereocenters. The highest BCUT2D eigenvalue weighted by Crippen LogP contribution is 2.39. The van der Waals surface area contributed by atoms with Crippen LogP contribution in [-0.2, 0) is 31.9 Å². The molecule has 7 heteroatoms. The minimum absolute atomic E-state index is 0.397. The zero-order chi connectivity index (χ0) is 20.1. The van der Waals surface area contributed by atoms with Crippen molar-refractivity contribution in [2.24, 2.45) is 0 Å². The van der Waals surface area contributed by atoms with Crippen LogP contribution in [0, 0.1) is 0 Å². The lowest BCUT2D eigenvalue weighted by molar-refractivity contribution is -0.149. The third-order valence-electron chi connectivity index (χ3n) is 4.80. The number of hydrogen-bond donors (Lipinski definition) is 1. The SMILES string of the molecule is CCC(C(=O)OCC(=O)Nc1sc2c(c1C(=O)OC)CCC2)c1ccccc1. The molecule has 0 aliphatic heterocycles. The molecule has 0 bridgehead atoms. The standard InChI is InChI=1S/C21H23NO5S/c1-3-14(13-8-5-4-6-9-13)20(24)27-12-17(23)22-19-18(21(25)26-2)15-10-7-11-16(15)28-19/h4-6,8-9,14H,3,7,10-12H2,1-2H3,(H,22,23). The molecular formula is C21H23NO5S. The average molecular weight is 401 g/mol. The van der Waals surface area contributed by atoms with Crippen LogP contribution in [0.25, 0.3) is 0 Å². The number of hydrogen-bond acceptors (Lipinski definition) is 6. The summed E-state index contributed by atoms with van der Waals surface area (Å²) in [7, 11) is 1.32. The summed E-state index contributed by atoms with van der Waals surface area (Å²) in [6, 6.07) is 9.34. The number of carbonyl (C=O) groups excluding carboxylic acids is 3. The predicted octanol–water partition coefficient (Wildman–Crippen LogP) is 3.70. The van der Waals surface area contributed by atoms with Gasteiger partial charge < -0.3 is 14.8 Å². The highest BCUT2D eigenvalue weighted by molar-refractivity contribution is 7.17. The predicted molar refractivity (Wildman–Crippen MR) is 107 cm³/mol. The number of esters is 2. The van der Waals surface area contributed by atoms with Crippen LogP contribution in [0.4, 0.5) is 5.00 Å². The molecule has 148 valence electrons. The van der Waals surface area contributed by atoms with Gasteiger partial charge in [-0.05, 0) is 36.8 Å². The van der Waals surface area contributed by atoms with Gasteiger partial charge >= 0.3 is 11.9 Å². The first kappa shape index (κ1) is 20.1. The van der Waals surface area contributed by atoms with E-state index in [1.54, 1.807) is 0 Å². The summed E-state index contributed by atoms with van der Waals surface area (Å²) in [5.41, 5.74) is 2.24. The number of thiophene rings is 1. The smallest absolute Gasteiger partial charge is 0.341 e. The molecule has 6 nitrogen and oxygen atoms in total. The summed E-state index contributed by atoms with van der Waals surface area (Å²) in [6.45, 7) is 1.50. The summed E-state index contributed by atoms with van der Waals surface area (Å²) in [5, 5.41) is 3.17. The number of benzene rings is 1. The first-order valence-electron chi connectivity index (χ1n) is 9.29. The van der Waals surface area contributed by atoms with E-state index in [0.29, 0.717) is 17.0 Å². The van der Waals surface area contributed by atoms with Gasteiger partial charge in [-0.2, -0.15) is 0 Å². The molecular weight excluding hydrogens is 378 g/mol. The maximum atomic E-state index is 12.4. The normalized spacial score (nSPS) is 13.5. The van der Waals surface area contributed by atoms with Crippen LogP contribution >= 0.6 is 11.3 Å². The quantitative estimate of drug-likeness (QED) is 0.716. The maximum Gasteiger partial charge on any atom is 0.341 e. The molecule has 1 heterocycles. The van der Waals surface area contributed by atoms with Crippen LogP contribution in [-0.4, -0.2) is 31.6 Å². The van der Waals surface area contributed by atoms with Crippen molar-refractivity contribution in [3.8, 4) is 0 Å². The number of rotatable bonds is 7. The van der Waals surface area contributed by atoms with Crippen LogP contribution in [0.3, 0.4) is 0 Å². The zero-order valence-electron chi connectivity index (χ0n) is 15.9. The first-order chi connectivity index (χ1) is 13.5. The topological polar surface area (TPSA) is 81.7 Å². The van der Waals surface area contributed by atoms with Crippen molar-refractivity contribution in [3.05, 3.63) is 51.9 Å². The fourth-order valence-corrected chi connectivity index (χ4v) is 4.73. The molecule has 0 spiro atoms. The summed E-state index contributed by atoms with van der Waals surface area (Å²) in [5.74, 6) is -1.78. The van der Waals surface area contributed by atoms with E-state index in [1.807, 2.05) is 37.3 Å². The molecule has 1 aliphatic rings. The number of nitrogens with one attached hydrogen (secondary N) is 1. The molecule has 1 aromatic carbocycles. The third-order valence-corrected chi connectivity index (χ3v) is 6.01. The third kappa shape index (κ3) is 4.25. The summed E-state index contributed by atoms with van der Waals surface area (Å²) in [4.78, 5) is 37.9. The number of anilines is 1. The van der Waals surface area contributed by atoms with Crippen molar-refractivity contribution in [3.63, 3.8) is 0 Å². The van der Waals surface area contributed by atoms with Crippen LogP contribution in [0.5, 0.6) is 0 Å². The lowest BCUT2D eigenvalue weighted by Gasteiger charge is -2.14. The molecule has 1 amide bonds. The van der Waals surface area contributed by atoms with Crippen molar-refractivity contribution in [1.29, 1.82) is 0 Å². The van der Waals surface area contributed by atoms with Crippen molar-refractivity contribution in [1.82, 2.24) is 0 Å². The van der Waals surface area contributed by atoms with Gasteiger partial charge in [0.25, 0.3) is 5.91 Å². The van der Waals surface area contributed by atoms with E-state index in [1.165, 1.54) is 18.4 Å². The molecule has 3 rings (SSSR count). The van der Waals surface area contributed by atoms with Gasteiger partial charge in [-0.1, -0.05) is 37.3 Å².